The Morgan fingerprint density at radius 1 is 1.19 bits per heavy atom. The molecule has 0 aliphatic carbocycles. The second-order valence-corrected chi connectivity index (χ2v) is 6.78. The lowest BCUT2D eigenvalue weighted by atomic mass is 10.0. The fourth-order valence-electron chi connectivity index (χ4n) is 3.85. The van der Waals surface area contributed by atoms with Gasteiger partial charge in [-0.05, 0) is 49.6 Å². The molecule has 0 bridgehead atoms. The van der Waals surface area contributed by atoms with Crippen LogP contribution >= 0.6 is 0 Å². The van der Waals surface area contributed by atoms with Gasteiger partial charge in [0, 0.05) is 6.54 Å². The zero-order valence-electron chi connectivity index (χ0n) is 15.1. The van der Waals surface area contributed by atoms with Crippen LogP contribution in [-0.2, 0) is 4.79 Å². The number of amides is 1. The van der Waals surface area contributed by atoms with Gasteiger partial charge in [-0.2, -0.15) is 0 Å². The van der Waals surface area contributed by atoms with E-state index in [2.05, 4.69) is 17.1 Å². The van der Waals surface area contributed by atoms with Crippen LogP contribution in [0.5, 0.6) is 5.75 Å². The quantitative estimate of drug-likeness (QED) is 0.716. The van der Waals surface area contributed by atoms with Gasteiger partial charge in [0.2, 0.25) is 5.91 Å². The van der Waals surface area contributed by atoms with E-state index in [1.54, 1.807) is 13.4 Å². The van der Waals surface area contributed by atoms with Crippen molar-refractivity contribution >= 4 is 16.9 Å². The minimum atomic E-state index is -0.277. The smallest absolute Gasteiger partial charge is 0.245 e. The highest BCUT2D eigenvalue weighted by Gasteiger charge is 2.33. The van der Waals surface area contributed by atoms with Crippen molar-refractivity contribution in [3.63, 3.8) is 0 Å². The lowest BCUT2D eigenvalue weighted by Crippen LogP contribution is -2.35. The maximum atomic E-state index is 13.2. The van der Waals surface area contributed by atoms with Crippen molar-refractivity contribution in [1.29, 1.82) is 0 Å². The van der Waals surface area contributed by atoms with Crippen LogP contribution in [0.25, 0.3) is 11.0 Å². The number of nitrogens with zero attached hydrogens (tertiary/aromatic N) is 3. The molecule has 2 heterocycles. The number of ether oxygens (including phenoxy) is 1. The number of carbonyl (C=O) groups is 1. The highest BCUT2D eigenvalue weighted by Crippen LogP contribution is 2.34. The molecule has 0 radical (unpaired) electrons. The van der Waals surface area contributed by atoms with Crippen LogP contribution < -0.4 is 4.74 Å². The maximum absolute atomic E-state index is 13.2. The Kier molecular flexibility index (Phi) is 4.37. The summed E-state index contributed by atoms with van der Waals surface area (Å²) in [6.45, 7) is 2.76. The molecule has 4 rings (SSSR count). The zero-order chi connectivity index (χ0) is 18.1. The standard InChI is InChI=1S/C21H23N3O2/c1-15(24-14-22-18-6-3-4-7-20(18)24)21(25)23-13-5-8-19(23)16-9-11-17(26-2)12-10-16/h3-4,6-7,9-12,14-15,19H,5,8,13H2,1-2H3. The number of hydrogen-bond acceptors (Lipinski definition) is 3. The Balaban J connectivity index is 1.59. The maximum Gasteiger partial charge on any atom is 0.245 e. The van der Waals surface area contributed by atoms with E-state index in [1.165, 1.54) is 5.56 Å². The molecule has 5 nitrogen and oxygen atoms in total. The third-order valence-corrected chi connectivity index (χ3v) is 5.29. The van der Waals surface area contributed by atoms with Gasteiger partial charge in [-0.3, -0.25) is 4.79 Å². The Hall–Kier alpha value is -2.82. The van der Waals surface area contributed by atoms with Crippen LogP contribution in [-0.4, -0.2) is 34.0 Å². The predicted octanol–water partition coefficient (Wildman–Crippen LogP) is 3.97. The Morgan fingerprint density at radius 2 is 1.96 bits per heavy atom. The van der Waals surface area contributed by atoms with Crippen LogP contribution in [0.1, 0.15) is 37.4 Å². The minimum Gasteiger partial charge on any atom is -0.497 e. The van der Waals surface area contributed by atoms with Gasteiger partial charge in [-0.25, -0.2) is 4.98 Å². The van der Waals surface area contributed by atoms with Crippen LogP contribution in [0.4, 0.5) is 0 Å². The van der Waals surface area contributed by atoms with E-state index in [0.29, 0.717) is 0 Å². The number of likely N-dealkylation sites (tertiary alicyclic amines) is 1. The second kappa shape index (κ2) is 6.83. The molecule has 2 aromatic carbocycles. The van der Waals surface area contributed by atoms with Gasteiger partial charge in [0.15, 0.2) is 0 Å². The summed E-state index contributed by atoms with van der Waals surface area (Å²) in [5, 5.41) is 0. The number of benzene rings is 2. The number of hydrogen-bond donors (Lipinski definition) is 0. The average Bonchev–Trinajstić information content (AvgIpc) is 3.34. The molecule has 26 heavy (non-hydrogen) atoms. The number of methoxy groups -OCH3 is 1. The van der Waals surface area contributed by atoms with Crippen LogP contribution in [0.3, 0.4) is 0 Å². The Morgan fingerprint density at radius 3 is 2.73 bits per heavy atom. The molecule has 1 amide bonds. The zero-order valence-corrected chi connectivity index (χ0v) is 15.1. The first-order valence-corrected chi connectivity index (χ1v) is 9.05. The van der Waals surface area contributed by atoms with Gasteiger partial charge in [0.25, 0.3) is 0 Å². The highest BCUT2D eigenvalue weighted by molar-refractivity contribution is 5.84. The summed E-state index contributed by atoms with van der Waals surface area (Å²) in [5.41, 5.74) is 3.08. The highest BCUT2D eigenvalue weighted by atomic mass is 16.5. The van der Waals surface area contributed by atoms with Crippen molar-refractivity contribution in [2.45, 2.75) is 31.8 Å². The van der Waals surface area contributed by atoms with Crippen molar-refractivity contribution in [1.82, 2.24) is 14.5 Å². The first-order chi connectivity index (χ1) is 12.7. The van der Waals surface area contributed by atoms with E-state index < -0.39 is 0 Å². The molecule has 1 fully saturated rings. The summed E-state index contributed by atoms with van der Waals surface area (Å²) < 4.78 is 7.22. The average molecular weight is 349 g/mol. The van der Waals surface area contributed by atoms with Crippen LogP contribution in [0.2, 0.25) is 0 Å². The van der Waals surface area contributed by atoms with Gasteiger partial charge in [0.05, 0.1) is 30.5 Å². The summed E-state index contributed by atoms with van der Waals surface area (Å²) >= 11 is 0. The molecule has 134 valence electrons. The molecule has 0 N–H and O–H groups in total. The summed E-state index contributed by atoms with van der Waals surface area (Å²) in [7, 11) is 1.66. The molecule has 3 aromatic rings. The Bertz CT molecular complexity index is 916. The number of fused-ring (bicyclic) bond motifs is 1. The lowest BCUT2D eigenvalue weighted by Gasteiger charge is -2.28. The molecule has 2 atom stereocenters. The summed E-state index contributed by atoms with van der Waals surface area (Å²) in [4.78, 5) is 19.7. The summed E-state index contributed by atoms with van der Waals surface area (Å²) in [6.07, 6.45) is 3.79. The van der Waals surface area contributed by atoms with Gasteiger partial charge >= 0.3 is 0 Å². The third-order valence-electron chi connectivity index (χ3n) is 5.29. The first-order valence-electron chi connectivity index (χ1n) is 9.05. The number of imidazole rings is 1. The van der Waals surface area contributed by atoms with E-state index in [1.807, 2.05) is 52.8 Å². The van der Waals surface area contributed by atoms with Gasteiger partial charge in [-0.15, -0.1) is 0 Å². The van der Waals surface area contributed by atoms with E-state index in [9.17, 15) is 4.79 Å². The summed E-state index contributed by atoms with van der Waals surface area (Å²) in [6, 6.07) is 15.8. The molecule has 1 saturated heterocycles. The molecule has 1 aliphatic heterocycles. The normalized spacial score (nSPS) is 18.2. The van der Waals surface area contributed by atoms with Gasteiger partial charge < -0.3 is 14.2 Å². The molecule has 0 spiro atoms. The Labute approximate surface area is 153 Å². The molecular formula is C21H23N3O2. The minimum absolute atomic E-state index is 0.130. The predicted molar refractivity (Wildman–Crippen MR) is 101 cm³/mol. The number of rotatable bonds is 4. The summed E-state index contributed by atoms with van der Waals surface area (Å²) in [5.74, 6) is 0.981. The molecule has 2 unspecified atom stereocenters. The van der Waals surface area contributed by atoms with E-state index in [0.717, 1.165) is 36.2 Å². The molecule has 1 aliphatic rings. The van der Waals surface area contributed by atoms with Crippen molar-refractivity contribution in [3.05, 3.63) is 60.4 Å². The molecule has 0 saturated carbocycles. The number of carbonyl (C=O) groups excluding carboxylic acids is 1. The SMILES string of the molecule is COc1ccc(C2CCCN2C(=O)C(C)n2cnc3ccccc32)cc1. The lowest BCUT2D eigenvalue weighted by molar-refractivity contribution is -0.135. The van der Waals surface area contributed by atoms with Crippen molar-refractivity contribution in [2.75, 3.05) is 13.7 Å². The van der Waals surface area contributed by atoms with E-state index >= 15 is 0 Å². The number of aromatic nitrogens is 2. The van der Waals surface area contributed by atoms with Crippen molar-refractivity contribution < 1.29 is 9.53 Å². The molecule has 1 aromatic heterocycles. The van der Waals surface area contributed by atoms with Gasteiger partial charge in [-0.1, -0.05) is 24.3 Å². The fourth-order valence-corrected chi connectivity index (χ4v) is 3.85. The van der Waals surface area contributed by atoms with E-state index in [-0.39, 0.29) is 18.0 Å². The van der Waals surface area contributed by atoms with Crippen LogP contribution in [0, 0.1) is 0 Å². The largest absolute Gasteiger partial charge is 0.497 e. The van der Waals surface area contributed by atoms with Crippen molar-refractivity contribution in [2.24, 2.45) is 0 Å². The van der Waals surface area contributed by atoms with Crippen LogP contribution in [0.15, 0.2) is 54.9 Å². The fraction of sp³-hybridized carbons (Fsp3) is 0.333. The monoisotopic (exact) mass is 349 g/mol. The molecular weight excluding hydrogens is 326 g/mol. The second-order valence-electron chi connectivity index (χ2n) is 6.78. The number of para-hydroxylation sites is 2. The van der Waals surface area contributed by atoms with Crippen molar-refractivity contribution in [3.8, 4) is 5.75 Å². The third kappa shape index (κ3) is 2.83. The topological polar surface area (TPSA) is 47.4 Å². The first kappa shape index (κ1) is 16.6. The van der Waals surface area contributed by atoms with Gasteiger partial charge in [0.1, 0.15) is 11.8 Å². The van der Waals surface area contributed by atoms with E-state index in [4.69, 9.17) is 4.74 Å². The molecule has 5 heteroatoms.